The van der Waals surface area contributed by atoms with Crippen LogP contribution in [0.25, 0.3) is 22.0 Å². The maximum Gasteiger partial charge on any atom is 0.195 e. The summed E-state index contributed by atoms with van der Waals surface area (Å²) in [7, 11) is 0. The highest BCUT2D eigenvalue weighted by Crippen LogP contribution is 2.44. The summed E-state index contributed by atoms with van der Waals surface area (Å²) in [5, 5.41) is 21.6. The van der Waals surface area contributed by atoms with Gasteiger partial charge < -0.3 is 19.9 Å². The Kier molecular flexibility index (Phi) is 7.04. The largest absolute Gasteiger partial charge is 0.396 e. The fourth-order valence-corrected chi connectivity index (χ4v) is 5.59. The summed E-state index contributed by atoms with van der Waals surface area (Å²) < 4.78 is 6.28. The van der Waals surface area contributed by atoms with E-state index in [0.29, 0.717) is 30.1 Å². The number of carbonyl (C=O) groups is 1. The van der Waals surface area contributed by atoms with Crippen molar-refractivity contribution >= 4 is 16.7 Å². The van der Waals surface area contributed by atoms with Gasteiger partial charge in [0, 0.05) is 29.5 Å². The zero-order valence-corrected chi connectivity index (χ0v) is 21.8. The van der Waals surface area contributed by atoms with Crippen LogP contribution in [-0.4, -0.2) is 34.2 Å². The topological polar surface area (TPSA) is 82.5 Å². The van der Waals surface area contributed by atoms with E-state index < -0.39 is 11.7 Å². The Labute approximate surface area is 218 Å². The summed E-state index contributed by atoms with van der Waals surface area (Å²) in [4.78, 5) is 16.7. The van der Waals surface area contributed by atoms with Crippen molar-refractivity contribution in [2.45, 2.75) is 57.7 Å². The van der Waals surface area contributed by atoms with E-state index in [-0.39, 0.29) is 12.4 Å². The number of nitrogens with one attached hydrogen (secondary N) is 1. The predicted molar refractivity (Wildman–Crippen MR) is 147 cm³/mol. The molecule has 5 nitrogen and oxygen atoms in total. The van der Waals surface area contributed by atoms with Gasteiger partial charge in [-0.2, -0.15) is 0 Å². The van der Waals surface area contributed by atoms with Gasteiger partial charge in [0.05, 0.1) is 17.8 Å². The lowest BCUT2D eigenvalue weighted by Crippen LogP contribution is -2.36. The molecule has 1 aliphatic heterocycles. The quantitative estimate of drug-likeness (QED) is 0.245. The average molecular weight is 498 g/mol. The molecule has 2 unspecified atom stereocenters. The summed E-state index contributed by atoms with van der Waals surface area (Å²) >= 11 is 0. The van der Waals surface area contributed by atoms with Gasteiger partial charge in [0.15, 0.2) is 5.78 Å². The first-order chi connectivity index (χ1) is 17.9. The van der Waals surface area contributed by atoms with Crippen LogP contribution < -0.4 is 0 Å². The van der Waals surface area contributed by atoms with Crippen LogP contribution in [0.1, 0.15) is 78.4 Å². The van der Waals surface area contributed by atoms with E-state index in [0.717, 1.165) is 35.2 Å². The maximum absolute atomic E-state index is 13.0. The number of carbonyl (C=O) groups excluding carboxylic acids is 1. The van der Waals surface area contributed by atoms with Gasteiger partial charge in [-0.3, -0.25) is 4.79 Å². The van der Waals surface area contributed by atoms with E-state index in [2.05, 4.69) is 37.9 Å². The number of aliphatic hydroxyl groups excluding tert-OH is 2. The molecule has 1 aliphatic rings. The number of aromatic nitrogens is 1. The van der Waals surface area contributed by atoms with Gasteiger partial charge in [-0.05, 0) is 53.1 Å². The van der Waals surface area contributed by atoms with Crippen LogP contribution >= 0.6 is 0 Å². The second-order valence-corrected chi connectivity index (χ2v) is 10.3. The molecule has 0 amide bonds. The fraction of sp³-hybridized carbons (Fsp3) is 0.344. The third-order valence-electron chi connectivity index (χ3n) is 7.82. The normalized spacial score (nSPS) is 18.2. The van der Waals surface area contributed by atoms with Crippen LogP contribution in [0, 0.1) is 0 Å². The first kappa shape index (κ1) is 25.4. The lowest BCUT2D eigenvalue weighted by molar-refractivity contribution is -0.0795. The van der Waals surface area contributed by atoms with Gasteiger partial charge in [-0.1, -0.05) is 75.4 Å². The van der Waals surface area contributed by atoms with Crippen molar-refractivity contribution in [2.24, 2.45) is 0 Å². The van der Waals surface area contributed by atoms with Crippen molar-refractivity contribution in [3.05, 3.63) is 94.7 Å². The van der Waals surface area contributed by atoms with Crippen LogP contribution in [0.3, 0.4) is 0 Å². The highest BCUT2D eigenvalue weighted by atomic mass is 16.5. The molecule has 2 heterocycles. The summed E-state index contributed by atoms with van der Waals surface area (Å²) in [6.07, 6.45) is 0.969. The van der Waals surface area contributed by atoms with E-state index in [9.17, 15) is 15.0 Å². The lowest BCUT2D eigenvalue weighted by Gasteiger charge is -2.36. The molecule has 5 heteroatoms. The van der Waals surface area contributed by atoms with E-state index in [4.69, 9.17) is 4.74 Å². The second kappa shape index (κ2) is 10.3. The van der Waals surface area contributed by atoms with Crippen molar-refractivity contribution in [1.29, 1.82) is 0 Å². The molecule has 5 rings (SSSR count). The molecule has 0 aliphatic carbocycles. The molecule has 0 saturated carbocycles. The number of Topliss-reactive ketones (excluding diaryl/α,β-unsaturated/α-hetero) is 1. The van der Waals surface area contributed by atoms with Crippen LogP contribution in [0.4, 0.5) is 0 Å². The van der Waals surface area contributed by atoms with Crippen LogP contribution in [0.5, 0.6) is 0 Å². The number of H-pyrrole nitrogens is 1. The summed E-state index contributed by atoms with van der Waals surface area (Å²) in [6, 6.07) is 21.0. The third kappa shape index (κ3) is 4.52. The fourth-order valence-electron chi connectivity index (χ4n) is 5.59. The number of hydrogen-bond donors (Lipinski definition) is 3. The maximum atomic E-state index is 13.0. The number of fused-ring (bicyclic) bond motifs is 3. The van der Waals surface area contributed by atoms with Gasteiger partial charge in [-0.25, -0.2) is 0 Å². The molecule has 3 N–H and O–H groups in total. The summed E-state index contributed by atoms with van der Waals surface area (Å²) in [6.45, 7) is 7.20. The van der Waals surface area contributed by atoms with Crippen LogP contribution in [0.15, 0.2) is 66.7 Å². The van der Waals surface area contributed by atoms with Gasteiger partial charge in [0.1, 0.15) is 11.7 Å². The molecule has 4 aromatic rings. The van der Waals surface area contributed by atoms with Gasteiger partial charge >= 0.3 is 0 Å². The molecular weight excluding hydrogens is 462 g/mol. The van der Waals surface area contributed by atoms with Crippen LogP contribution in [0.2, 0.25) is 0 Å². The molecule has 3 aromatic carbocycles. The minimum Gasteiger partial charge on any atom is -0.396 e. The van der Waals surface area contributed by atoms with Crippen molar-refractivity contribution < 1.29 is 19.7 Å². The molecule has 0 spiro atoms. The zero-order valence-electron chi connectivity index (χ0n) is 21.8. The highest BCUT2D eigenvalue weighted by molar-refractivity contribution is 6.01. The number of ketones is 1. The summed E-state index contributed by atoms with van der Waals surface area (Å²) in [5.74, 6) is 0.0341. The zero-order chi connectivity index (χ0) is 26.2. The predicted octanol–water partition coefficient (Wildman–Crippen LogP) is 6.44. The number of aliphatic hydroxyl groups is 2. The molecule has 0 saturated heterocycles. The molecule has 37 heavy (non-hydrogen) atoms. The van der Waals surface area contributed by atoms with E-state index in [1.54, 1.807) is 24.3 Å². The van der Waals surface area contributed by atoms with Gasteiger partial charge in [-0.15, -0.1) is 0 Å². The van der Waals surface area contributed by atoms with Crippen LogP contribution in [-0.2, 0) is 16.8 Å². The van der Waals surface area contributed by atoms with Crippen molar-refractivity contribution in [3.63, 3.8) is 0 Å². The Bertz CT molecular complexity index is 1400. The highest BCUT2D eigenvalue weighted by Gasteiger charge is 2.38. The Hall–Kier alpha value is -3.25. The third-order valence-corrected chi connectivity index (χ3v) is 7.82. The second-order valence-electron chi connectivity index (χ2n) is 10.3. The number of benzene rings is 3. The SMILES string of the molecule is CCC1(CCO)OCCc2c1[nH]c1c(-c3ccc(C(=O)C(O)c4ccccc4)cc3)cc(C(C)C)cc21. The number of ether oxygens (including phenoxy) is 1. The number of aromatic amines is 1. The molecule has 0 fully saturated rings. The Morgan fingerprint density at radius 1 is 1.05 bits per heavy atom. The van der Waals surface area contributed by atoms with E-state index in [1.165, 1.54) is 16.5 Å². The number of hydrogen-bond acceptors (Lipinski definition) is 4. The van der Waals surface area contributed by atoms with Crippen molar-refractivity contribution in [3.8, 4) is 11.1 Å². The first-order valence-electron chi connectivity index (χ1n) is 13.2. The molecule has 1 aromatic heterocycles. The van der Waals surface area contributed by atoms with E-state index >= 15 is 0 Å². The molecular formula is C32H35NO4. The minimum absolute atomic E-state index is 0.0665. The Morgan fingerprint density at radius 2 is 1.78 bits per heavy atom. The summed E-state index contributed by atoms with van der Waals surface area (Å²) in [5.41, 5.74) is 7.28. The Balaban J connectivity index is 1.59. The molecule has 192 valence electrons. The van der Waals surface area contributed by atoms with E-state index in [1.807, 2.05) is 30.3 Å². The minimum atomic E-state index is -1.19. The monoisotopic (exact) mass is 497 g/mol. The Morgan fingerprint density at radius 3 is 2.43 bits per heavy atom. The number of rotatable bonds is 8. The average Bonchev–Trinajstić information content (AvgIpc) is 3.32. The molecule has 0 radical (unpaired) electrons. The lowest BCUT2D eigenvalue weighted by atomic mass is 9.86. The van der Waals surface area contributed by atoms with Gasteiger partial charge in [0.2, 0.25) is 0 Å². The first-order valence-corrected chi connectivity index (χ1v) is 13.2. The molecule has 0 bridgehead atoms. The van der Waals surface area contributed by atoms with Gasteiger partial charge in [0.25, 0.3) is 0 Å². The van der Waals surface area contributed by atoms with Crippen molar-refractivity contribution in [1.82, 2.24) is 4.98 Å². The molecule has 2 atom stereocenters. The van der Waals surface area contributed by atoms with Crippen molar-refractivity contribution in [2.75, 3.05) is 13.2 Å². The standard InChI is InChI=1S/C32H35NO4/c1-4-32(15-16-34)31-25(14-17-37-32)27-19-24(20(2)3)18-26(28(27)33-31)21-10-12-23(13-11-21)30(36)29(35)22-8-6-5-7-9-22/h5-13,18-20,29,33-35H,4,14-17H2,1-3H3. The smallest absolute Gasteiger partial charge is 0.195 e.